The van der Waals surface area contributed by atoms with E-state index < -0.39 is 17.4 Å². The molecule has 0 radical (unpaired) electrons. The number of carbonyl (C=O) groups is 2. The number of ether oxygens (including phenoxy) is 1. The van der Waals surface area contributed by atoms with E-state index in [1.165, 1.54) is 13.8 Å². The molecule has 2 aromatic rings. The van der Waals surface area contributed by atoms with Gasteiger partial charge in [-0.05, 0) is 39.8 Å². The minimum Gasteiger partial charge on any atom is -0.490 e. The lowest BCUT2D eigenvalue weighted by Gasteiger charge is -2.21. The first-order chi connectivity index (χ1) is 10.3. The average molecular weight is 305 g/mol. The molecule has 7 heteroatoms. The Morgan fingerprint density at radius 1 is 1.45 bits per heavy atom. The van der Waals surface area contributed by atoms with Crippen molar-refractivity contribution in [2.75, 3.05) is 6.61 Å². The lowest BCUT2D eigenvalue weighted by Crippen LogP contribution is -2.50. The number of carbonyl (C=O) groups excluding carboxylic acids is 1. The Balaban J connectivity index is 2.48. The highest BCUT2D eigenvalue weighted by molar-refractivity contribution is 5.98. The molecule has 2 heterocycles. The average Bonchev–Trinajstić information content (AvgIpc) is 2.75. The SMILES string of the molecule is CCOc1cccn2c(C(=O)NC(C)(C)C(=O)O)c(C)nc12. The van der Waals surface area contributed by atoms with Gasteiger partial charge in [-0.15, -0.1) is 0 Å². The molecular weight excluding hydrogens is 286 g/mol. The van der Waals surface area contributed by atoms with Gasteiger partial charge in [0, 0.05) is 6.20 Å². The Labute approximate surface area is 127 Å². The zero-order valence-corrected chi connectivity index (χ0v) is 13.0. The van der Waals surface area contributed by atoms with Crippen LogP contribution in [-0.4, -0.2) is 38.5 Å². The number of aliphatic carboxylic acids is 1. The van der Waals surface area contributed by atoms with E-state index >= 15 is 0 Å². The minimum atomic E-state index is -1.37. The number of carboxylic acid groups (broad SMARTS) is 1. The smallest absolute Gasteiger partial charge is 0.328 e. The van der Waals surface area contributed by atoms with Gasteiger partial charge in [-0.2, -0.15) is 0 Å². The predicted molar refractivity (Wildman–Crippen MR) is 80.3 cm³/mol. The first-order valence-corrected chi connectivity index (χ1v) is 6.94. The Kier molecular flexibility index (Phi) is 4.07. The van der Waals surface area contributed by atoms with Gasteiger partial charge < -0.3 is 15.2 Å². The number of fused-ring (bicyclic) bond motifs is 1. The number of hydrogen-bond acceptors (Lipinski definition) is 4. The summed E-state index contributed by atoms with van der Waals surface area (Å²) >= 11 is 0. The van der Waals surface area contributed by atoms with E-state index in [1.807, 2.05) is 6.92 Å². The molecule has 0 aliphatic rings. The molecule has 0 spiro atoms. The lowest BCUT2D eigenvalue weighted by atomic mass is 10.1. The van der Waals surface area contributed by atoms with Crippen LogP contribution in [0.4, 0.5) is 0 Å². The molecular formula is C15H19N3O4. The van der Waals surface area contributed by atoms with E-state index in [1.54, 1.807) is 29.7 Å². The number of nitrogens with one attached hydrogen (secondary N) is 1. The summed E-state index contributed by atoms with van der Waals surface area (Å²) in [6.07, 6.45) is 1.69. The summed E-state index contributed by atoms with van der Waals surface area (Å²) in [6, 6.07) is 3.52. The summed E-state index contributed by atoms with van der Waals surface area (Å²) < 4.78 is 7.10. The van der Waals surface area contributed by atoms with Gasteiger partial charge in [0.1, 0.15) is 11.2 Å². The predicted octanol–water partition coefficient (Wildman–Crippen LogP) is 1.63. The summed E-state index contributed by atoms with van der Waals surface area (Å²) in [4.78, 5) is 28.0. The molecule has 118 valence electrons. The van der Waals surface area contributed by atoms with Crippen LogP contribution in [0, 0.1) is 6.92 Å². The number of pyridine rings is 1. The summed E-state index contributed by atoms with van der Waals surface area (Å²) in [5.41, 5.74) is -0.0394. The van der Waals surface area contributed by atoms with Crippen LogP contribution >= 0.6 is 0 Å². The second-order valence-corrected chi connectivity index (χ2v) is 5.43. The molecule has 1 amide bonds. The summed E-state index contributed by atoms with van der Waals surface area (Å²) in [5, 5.41) is 11.6. The third kappa shape index (κ3) is 2.74. The maximum Gasteiger partial charge on any atom is 0.328 e. The minimum absolute atomic E-state index is 0.297. The van der Waals surface area contributed by atoms with E-state index in [0.29, 0.717) is 29.4 Å². The van der Waals surface area contributed by atoms with Crippen LogP contribution in [-0.2, 0) is 4.79 Å². The van der Waals surface area contributed by atoms with Crippen LogP contribution in [0.15, 0.2) is 18.3 Å². The third-order valence-electron chi connectivity index (χ3n) is 3.26. The highest BCUT2D eigenvalue weighted by atomic mass is 16.5. The van der Waals surface area contributed by atoms with Crippen molar-refractivity contribution in [2.45, 2.75) is 33.2 Å². The first kappa shape index (κ1) is 15.8. The number of aryl methyl sites for hydroxylation is 1. The standard InChI is InChI=1S/C15H19N3O4/c1-5-22-10-7-6-8-18-11(9(2)16-12(10)18)13(19)17-15(3,4)14(20)21/h6-8H,5H2,1-4H3,(H,17,19)(H,20,21). The van der Waals surface area contributed by atoms with Crippen LogP contribution in [0.3, 0.4) is 0 Å². The van der Waals surface area contributed by atoms with Crippen molar-refractivity contribution in [1.82, 2.24) is 14.7 Å². The fraction of sp³-hybridized carbons (Fsp3) is 0.400. The Bertz CT molecular complexity index is 734. The van der Waals surface area contributed by atoms with Crippen molar-refractivity contribution in [3.63, 3.8) is 0 Å². The van der Waals surface area contributed by atoms with E-state index in [9.17, 15) is 9.59 Å². The molecule has 0 aliphatic carbocycles. The van der Waals surface area contributed by atoms with Crippen molar-refractivity contribution in [1.29, 1.82) is 0 Å². The van der Waals surface area contributed by atoms with Crippen LogP contribution < -0.4 is 10.1 Å². The van der Waals surface area contributed by atoms with Gasteiger partial charge in [-0.3, -0.25) is 9.20 Å². The van der Waals surface area contributed by atoms with Crippen molar-refractivity contribution in [3.05, 3.63) is 29.7 Å². The zero-order valence-electron chi connectivity index (χ0n) is 13.0. The summed E-state index contributed by atoms with van der Waals surface area (Å²) in [7, 11) is 0. The number of amides is 1. The molecule has 0 unspecified atom stereocenters. The van der Waals surface area contributed by atoms with E-state index in [0.717, 1.165) is 0 Å². The van der Waals surface area contributed by atoms with Crippen LogP contribution in [0.5, 0.6) is 5.75 Å². The quantitative estimate of drug-likeness (QED) is 0.876. The Hall–Kier alpha value is -2.57. The second kappa shape index (κ2) is 5.67. The Morgan fingerprint density at radius 3 is 2.73 bits per heavy atom. The molecule has 0 bridgehead atoms. The van der Waals surface area contributed by atoms with Crippen LogP contribution in [0.1, 0.15) is 37.0 Å². The van der Waals surface area contributed by atoms with Gasteiger partial charge in [-0.1, -0.05) is 0 Å². The fourth-order valence-corrected chi connectivity index (χ4v) is 2.09. The molecule has 0 saturated heterocycles. The van der Waals surface area contributed by atoms with Crippen molar-refractivity contribution < 1.29 is 19.4 Å². The highest BCUT2D eigenvalue weighted by Crippen LogP contribution is 2.22. The van der Waals surface area contributed by atoms with Crippen molar-refractivity contribution >= 4 is 17.5 Å². The topological polar surface area (TPSA) is 92.9 Å². The molecule has 2 N–H and O–H groups in total. The maximum atomic E-state index is 12.5. The third-order valence-corrected chi connectivity index (χ3v) is 3.26. The van der Waals surface area contributed by atoms with Gasteiger partial charge in [0.25, 0.3) is 5.91 Å². The van der Waals surface area contributed by atoms with Crippen LogP contribution in [0.25, 0.3) is 5.65 Å². The first-order valence-electron chi connectivity index (χ1n) is 6.94. The number of nitrogens with zero attached hydrogens (tertiary/aromatic N) is 2. The number of aromatic nitrogens is 2. The largest absolute Gasteiger partial charge is 0.490 e. The molecule has 0 atom stereocenters. The van der Waals surface area contributed by atoms with Gasteiger partial charge in [-0.25, -0.2) is 9.78 Å². The van der Waals surface area contributed by atoms with E-state index in [2.05, 4.69) is 10.3 Å². The molecule has 2 aromatic heterocycles. The Morgan fingerprint density at radius 2 is 2.14 bits per heavy atom. The normalized spacial score (nSPS) is 11.5. The summed E-state index contributed by atoms with van der Waals surface area (Å²) in [6.45, 7) is 6.90. The molecule has 0 saturated carbocycles. The van der Waals surface area contributed by atoms with Crippen LogP contribution in [0.2, 0.25) is 0 Å². The molecule has 0 aromatic carbocycles. The summed E-state index contributed by atoms with van der Waals surface area (Å²) in [5.74, 6) is -1.03. The number of hydrogen-bond donors (Lipinski definition) is 2. The number of carboxylic acids is 1. The molecule has 2 rings (SSSR count). The van der Waals surface area contributed by atoms with Crippen molar-refractivity contribution in [3.8, 4) is 5.75 Å². The number of rotatable bonds is 5. The van der Waals surface area contributed by atoms with E-state index in [-0.39, 0.29) is 0 Å². The van der Waals surface area contributed by atoms with E-state index in [4.69, 9.17) is 9.84 Å². The van der Waals surface area contributed by atoms with Gasteiger partial charge in [0.2, 0.25) is 0 Å². The highest BCUT2D eigenvalue weighted by Gasteiger charge is 2.31. The molecule has 22 heavy (non-hydrogen) atoms. The van der Waals surface area contributed by atoms with Gasteiger partial charge in [0.15, 0.2) is 11.4 Å². The maximum absolute atomic E-state index is 12.5. The van der Waals surface area contributed by atoms with Gasteiger partial charge in [0.05, 0.1) is 12.3 Å². The van der Waals surface area contributed by atoms with Gasteiger partial charge >= 0.3 is 5.97 Å². The molecule has 0 fully saturated rings. The lowest BCUT2D eigenvalue weighted by molar-refractivity contribution is -0.143. The zero-order chi connectivity index (χ0) is 16.5. The molecule has 7 nitrogen and oxygen atoms in total. The number of imidazole rings is 1. The monoisotopic (exact) mass is 305 g/mol. The second-order valence-electron chi connectivity index (χ2n) is 5.43. The van der Waals surface area contributed by atoms with Crippen molar-refractivity contribution in [2.24, 2.45) is 0 Å². The molecule has 0 aliphatic heterocycles. The fourth-order valence-electron chi connectivity index (χ4n) is 2.09.